The molecule has 0 aliphatic heterocycles. The minimum Gasteiger partial charge on any atom is -0.485 e. The van der Waals surface area contributed by atoms with Gasteiger partial charge in [0.2, 0.25) is 11.7 Å². The normalized spacial score (nSPS) is 10.6. The average molecular weight is 394 g/mol. The minimum absolute atomic E-state index is 0.0897. The first kappa shape index (κ1) is 20.4. The van der Waals surface area contributed by atoms with E-state index < -0.39 is 0 Å². The van der Waals surface area contributed by atoms with Crippen molar-refractivity contribution in [1.82, 2.24) is 15.5 Å². The number of amides is 1. The molecule has 3 aromatic rings. The molecule has 0 aliphatic carbocycles. The van der Waals surface area contributed by atoms with Crippen molar-refractivity contribution in [3.63, 3.8) is 0 Å². The van der Waals surface area contributed by atoms with Gasteiger partial charge in [0.1, 0.15) is 5.75 Å². The summed E-state index contributed by atoms with van der Waals surface area (Å²) in [5.74, 6) is 1.54. The van der Waals surface area contributed by atoms with Crippen LogP contribution in [0.3, 0.4) is 0 Å². The van der Waals surface area contributed by atoms with Gasteiger partial charge in [-0.3, -0.25) is 4.79 Å². The second-order valence-electron chi connectivity index (χ2n) is 6.57. The smallest absolute Gasteiger partial charge is 0.251 e. The molecular weight excluding hydrogens is 368 g/mol. The Hall–Kier alpha value is -3.35. The van der Waals surface area contributed by atoms with Crippen LogP contribution in [0.2, 0.25) is 0 Å². The lowest BCUT2D eigenvalue weighted by Crippen LogP contribution is -2.29. The van der Waals surface area contributed by atoms with Gasteiger partial charge >= 0.3 is 0 Å². The highest BCUT2D eigenvalue weighted by molar-refractivity contribution is 5.94. The summed E-state index contributed by atoms with van der Waals surface area (Å²) < 4.78 is 10.5. The number of rotatable bonds is 10. The number of hydrogen-bond donors (Lipinski definition) is 1. The number of nitrogens with one attached hydrogen (secondary N) is 1. The maximum atomic E-state index is 12.3. The van der Waals surface area contributed by atoms with Crippen molar-refractivity contribution >= 4 is 11.6 Å². The Kier molecular flexibility index (Phi) is 7.22. The van der Waals surface area contributed by atoms with Crippen LogP contribution in [0.4, 0.5) is 5.69 Å². The lowest BCUT2D eigenvalue weighted by Gasteiger charge is -2.23. The van der Waals surface area contributed by atoms with Gasteiger partial charge in [-0.15, -0.1) is 0 Å². The van der Waals surface area contributed by atoms with Crippen LogP contribution in [0.5, 0.6) is 5.75 Å². The van der Waals surface area contributed by atoms with Crippen molar-refractivity contribution in [2.75, 3.05) is 24.5 Å². The first-order chi connectivity index (χ1) is 14.2. The van der Waals surface area contributed by atoms with Crippen LogP contribution in [0, 0.1) is 6.92 Å². The first-order valence-electron chi connectivity index (χ1n) is 9.76. The predicted molar refractivity (Wildman–Crippen MR) is 111 cm³/mol. The molecular formula is C22H26N4O3. The molecule has 1 N–H and O–H groups in total. The third-order valence-electron chi connectivity index (χ3n) is 4.45. The highest BCUT2D eigenvalue weighted by Gasteiger charge is 2.08. The van der Waals surface area contributed by atoms with Crippen molar-refractivity contribution < 1.29 is 14.1 Å². The molecule has 1 heterocycles. The topological polar surface area (TPSA) is 80.5 Å². The van der Waals surface area contributed by atoms with Crippen LogP contribution in [-0.4, -0.2) is 35.7 Å². The first-order valence-corrected chi connectivity index (χ1v) is 9.76. The lowest BCUT2D eigenvalue weighted by molar-refractivity contribution is 0.0953. The van der Waals surface area contributed by atoms with Crippen molar-refractivity contribution in [2.24, 2.45) is 0 Å². The zero-order valence-electron chi connectivity index (χ0n) is 16.8. The van der Waals surface area contributed by atoms with Crippen LogP contribution >= 0.6 is 0 Å². The van der Waals surface area contributed by atoms with Gasteiger partial charge in [-0.05, 0) is 49.7 Å². The summed E-state index contributed by atoms with van der Waals surface area (Å²) in [6.07, 6.45) is 0.875. The monoisotopic (exact) mass is 394 g/mol. The van der Waals surface area contributed by atoms with E-state index in [9.17, 15) is 4.79 Å². The number of carbonyl (C=O) groups is 1. The highest BCUT2D eigenvalue weighted by atomic mass is 16.5. The van der Waals surface area contributed by atoms with Gasteiger partial charge in [-0.2, -0.15) is 4.98 Å². The molecule has 0 unspecified atom stereocenters. The van der Waals surface area contributed by atoms with Gasteiger partial charge in [0.05, 0.1) is 0 Å². The van der Waals surface area contributed by atoms with Crippen LogP contribution in [0.25, 0.3) is 0 Å². The number of anilines is 1. The van der Waals surface area contributed by atoms with E-state index in [4.69, 9.17) is 9.26 Å². The number of para-hydroxylation sites is 1. The number of ether oxygens (including phenoxy) is 1. The fourth-order valence-electron chi connectivity index (χ4n) is 2.93. The Morgan fingerprint density at radius 3 is 2.55 bits per heavy atom. The number of hydrogen-bond acceptors (Lipinski definition) is 6. The molecule has 3 rings (SSSR count). The molecule has 0 aliphatic rings. The molecule has 29 heavy (non-hydrogen) atoms. The Balaban J connectivity index is 1.41. The second kappa shape index (κ2) is 10.3. The van der Waals surface area contributed by atoms with E-state index in [0.29, 0.717) is 29.6 Å². The van der Waals surface area contributed by atoms with Crippen molar-refractivity contribution in [2.45, 2.75) is 26.9 Å². The van der Waals surface area contributed by atoms with Gasteiger partial charge in [0.15, 0.2) is 6.61 Å². The van der Waals surface area contributed by atoms with Crippen LogP contribution < -0.4 is 15.0 Å². The molecule has 152 valence electrons. The predicted octanol–water partition coefficient (Wildman–Crippen LogP) is 3.60. The maximum Gasteiger partial charge on any atom is 0.251 e. The SMILES string of the molecule is CCN(CCCNC(=O)c1ccc(OCc2noc(C)n2)cc1)c1ccccc1. The molecule has 0 atom stereocenters. The summed E-state index contributed by atoms with van der Waals surface area (Å²) in [5, 5.41) is 6.75. The van der Waals surface area contributed by atoms with Gasteiger partial charge < -0.3 is 19.5 Å². The number of aromatic nitrogens is 2. The fourth-order valence-corrected chi connectivity index (χ4v) is 2.93. The molecule has 7 nitrogen and oxygen atoms in total. The van der Waals surface area contributed by atoms with Crippen molar-refractivity contribution in [3.8, 4) is 5.75 Å². The van der Waals surface area contributed by atoms with Crippen LogP contribution in [0.15, 0.2) is 59.1 Å². The Labute approximate surface area is 170 Å². The molecule has 0 saturated carbocycles. The molecule has 0 spiro atoms. The van der Waals surface area contributed by atoms with E-state index in [-0.39, 0.29) is 12.5 Å². The maximum absolute atomic E-state index is 12.3. The van der Waals surface area contributed by atoms with E-state index >= 15 is 0 Å². The summed E-state index contributed by atoms with van der Waals surface area (Å²) in [7, 11) is 0. The Morgan fingerprint density at radius 2 is 1.90 bits per heavy atom. The molecule has 1 amide bonds. The molecule has 0 fully saturated rings. The van der Waals surface area contributed by atoms with Crippen LogP contribution in [0.1, 0.15) is 35.4 Å². The number of benzene rings is 2. The van der Waals surface area contributed by atoms with Gasteiger partial charge in [-0.1, -0.05) is 23.4 Å². The Bertz CT molecular complexity index is 894. The minimum atomic E-state index is -0.0897. The average Bonchev–Trinajstić information content (AvgIpc) is 3.18. The van der Waals surface area contributed by atoms with Crippen LogP contribution in [-0.2, 0) is 6.61 Å². The summed E-state index contributed by atoms with van der Waals surface area (Å²) in [6.45, 7) is 6.53. The van der Waals surface area contributed by atoms with E-state index in [1.54, 1.807) is 31.2 Å². The Morgan fingerprint density at radius 1 is 1.14 bits per heavy atom. The molecule has 0 radical (unpaired) electrons. The zero-order chi connectivity index (χ0) is 20.5. The quantitative estimate of drug-likeness (QED) is 0.529. The van der Waals surface area contributed by atoms with E-state index in [1.807, 2.05) is 18.2 Å². The third-order valence-corrected chi connectivity index (χ3v) is 4.45. The van der Waals surface area contributed by atoms with Crippen molar-refractivity contribution in [1.29, 1.82) is 0 Å². The molecule has 0 saturated heterocycles. The number of nitrogens with zero attached hydrogens (tertiary/aromatic N) is 3. The number of carbonyl (C=O) groups excluding carboxylic acids is 1. The van der Waals surface area contributed by atoms with Gasteiger partial charge in [0, 0.05) is 37.8 Å². The van der Waals surface area contributed by atoms with Gasteiger partial charge in [-0.25, -0.2) is 0 Å². The van der Waals surface area contributed by atoms with Gasteiger partial charge in [0.25, 0.3) is 5.91 Å². The summed E-state index contributed by atoms with van der Waals surface area (Å²) in [6, 6.07) is 17.3. The standard InChI is InChI=1S/C22H26N4O3/c1-3-26(19-8-5-4-6-9-19)15-7-14-23-22(27)18-10-12-20(13-11-18)28-16-21-24-17(2)29-25-21/h4-6,8-13H,3,7,14-16H2,1-2H3,(H,23,27). The number of aryl methyl sites for hydroxylation is 1. The van der Waals surface area contributed by atoms with E-state index in [2.05, 4.69) is 39.4 Å². The molecule has 1 aromatic heterocycles. The van der Waals surface area contributed by atoms with E-state index in [0.717, 1.165) is 19.5 Å². The lowest BCUT2D eigenvalue weighted by atomic mass is 10.2. The third kappa shape index (κ3) is 6.07. The molecule has 2 aromatic carbocycles. The molecule has 7 heteroatoms. The molecule has 0 bridgehead atoms. The largest absolute Gasteiger partial charge is 0.485 e. The van der Waals surface area contributed by atoms with Crippen molar-refractivity contribution in [3.05, 3.63) is 71.9 Å². The second-order valence-corrected chi connectivity index (χ2v) is 6.57. The summed E-state index contributed by atoms with van der Waals surface area (Å²) in [4.78, 5) is 18.7. The summed E-state index contributed by atoms with van der Waals surface area (Å²) in [5.41, 5.74) is 1.80. The zero-order valence-corrected chi connectivity index (χ0v) is 16.8. The summed E-state index contributed by atoms with van der Waals surface area (Å²) >= 11 is 0. The highest BCUT2D eigenvalue weighted by Crippen LogP contribution is 2.14. The fraction of sp³-hybridized carbons (Fsp3) is 0.318. The van der Waals surface area contributed by atoms with E-state index in [1.165, 1.54) is 5.69 Å².